The molecule has 0 aliphatic carbocycles. The van der Waals surface area contributed by atoms with Crippen molar-refractivity contribution in [2.24, 2.45) is 0 Å². The number of nitrogens with one attached hydrogen (secondary N) is 1. The summed E-state index contributed by atoms with van der Waals surface area (Å²) in [7, 11) is 0. The van der Waals surface area contributed by atoms with Gasteiger partial charge >= 0.3 is 6.18 Å². The number of H-pyrrole nitrogens is 1. The molecule has 4 heterocycles. The zero-order valence-electron chi connectivity index (χ0n) is 18.5. The number of aromatic amines is 1. The molecule has 4 rings (SSSR count). The first-order chi connectivity index (χ1) is 16.2. The largest absolute Gasteiger partial charge is 0.417 e. The molecule has 3 aromatic rings. The summed E-state index contributed by atoms with van der Waals surface area (Å²) in [6.07, 6.45) is 0.0675. The monoisotopic (exact) mass is 472 g/mol. The highest BCUT2D eigenvalue weighted by Crippen LogP contribution is 2.29. The molecule has 0 spiro atoms. The summed E-state index contributed by atoms with van der Waals surface area (Å²) >= 11 is 0. The second-order valence-electron chi connectivity index (χ2n) is 7.99. The van der Waals surface area contributed by atoms with Crippen molar-refractivity contribution in [3.8, 4) is 11.4 Å². The zero-order chi connectivity index (χ0) is 24.3. The van der Waals surface area contributed by atoms with Gasteiger partial charge in [0.05, 0.1) is 5.56 Å². The molecule has 11 heteroatoms. The normalized spacial score (nSPS) is 14.4. The van der Waals surface area contributed by atoms with E-state index in [4.69, 9.17) is 0 Å². The Kier molecular flexibility index (Phi) is 6.62. The van der Waals surface area contributed by atoms with Crippen LogP contribution in [0.15, 0.2) is 47.7 Å². The lowest BCUT2D eigenvalue weighted by molar-refractivity contribution is -0.137. The molecule has 0 saturated carbocycles. The molecule has 0 unspecified atom stereocenters. The molecule has 1 amide bonds. The second kappa shape index (κ2) is 9.62. The summed E-state index contributed by atoms with van der Waals surface area (Å²) in [4.78, 5) is 44.0. The van der Waals surface area contributed by atoms with E-state index in [1.807, 2.05) is 4.90 Å². The van der Waals surface area contributed by atoms with Gasteiger partial charge in [-0.25, -0.2) is 9.97 Å². The van der Waals surface area contributed by atoms with Crippen LogP contribution in [0.5, 0.6) is 0 Å². The van der Waals surface area contributed by atoms with E-state index in [0.717, 1.165) is 12.3 Å². The van der Waals surface area contributed by atoms with Crippen LogP contribution in [0.3, 0.4) is 0 Å². The number of amides is 1. The van der Waals surface area contributed by atoms with E-state index in [2.05, 4.69) is 19.9 Å². The maximum Gasteiger partial charge on any atom is 0.417 e. The molecule has 1 fully saturated rings. The fourth-order valence-corrected chi connectivity index (χ4v) is 3.86. The number of hydrogen-bond donors (Lipinski definition) is 1. The van der Waals surface area contributed by atoms with Crippen LogP contribution in [0.25, 0.3) is 11.4 Å². The first-order valence-corrected chi connectivity index (χ1v) is 10.8. The van der Waals surface area contributed by atoms with Crippen molar-refractivity contribution >= 4 is 11.7 Å². The van der Waals surface area contributed by atoms with E-state index in [-0.39, 0.29) is 24.3 Å². The molecule has 34 heavy (non-hydrogen) atoms. The van der Waals surface area contributed by atoms with Gasteiger partial charge in [0.2, 0.25) is 5.91 Å². The number of piperazine rings is 1. The molecule has 1 aliphatic rings. The summed E-state index contributed by atoms with van der Waals surface area (Å²) in [5.41, 5.74) is 0.656. The highest BCUT2D eigenvalue weighted by Gasteiger charge is 2.31. The van der Waals surface area contributed by atoms with Gasteiger partial charge < -0.3 is 14.8 Å². The van der Waals surface area contributed by atoms with E-state index in [9.17, 15) is 22.8 Å². The van der Waals surface area contributed by atoms with E-state index in [0.29, 0.717) is 54.6 Å². The Bertz CT molecular complexity index is 1200. The van der Waals surface area contributed by atoms with Gasteiger partial charge in [-0.05, 0) is 37.6 Å². The van der Waals surface area contributed by atoms with Crippen LogP contribution in [-0.2, 0) is 17.4 Å². The predicted molar refractivity (Wildman–Crippen MR) is 119 cm³/mol. The highest BCUT2D eigenvalue weighted by atomic mass is 19.4. The third-order valence-electron chi connectivity index (χ3n) is 5.78. The van der Waals surface area contributed by atoms with E-state index in [1.165, 1.54) is 6.07 Å². The maximum absolute atomic E-state index is 12.7. The molecule has 1 N–H and O–H groups in total. The molecule has 0 aromatic carbocycles. The van der Waals surface area contributed by atoms with Crippen LogP contribution >= 0.6 is 0 Å². The Labute approximate surface area is 193 Å². The summed E-state index contributed by atoms with van der Waals surface area (Å²) in [6.45, 7) is 3.52. The van der Waals surface area contributed by atoms with Crippen LogP contribution in [0.4, 0.5) is 19.0 Å². The van der Waals surface area contributed by atoms with Crippen LogP contribution in [0.2, 0.25) is 0 Å². The van der Waals surface area contributed by atoms with Gasteiger partial charge in [-0.15, -0.1) is 0 Å². The van der Waals surface area contributed by atoms with Crippen molar-refractivity contribution < 1.29 is 18.0 Å². The number of nitrogens with zero attached hydrogens (tertiary/aromatic N) is 5. The van der Waals surface area contributed by atoms with Gasteiger partial charge in [-0.1, -0.05) is 0 Å². The van der Waals surface area contributed by atoms with Crippen LogP contribution in [0, 0.1) is 6.92 Å². The molecular formula is C23H23F3N6O2. The van der Waals surface area contributed by atoms with Gasteiger partial charge in [0, 0.05) is 68.0 Å². The van der Waals surface area contributed by atoms with Gasteiger partial charge in [0.15, 0.2) is 0 Å². The summed E-state index contributed by atoms with van der Waals surface area (Å²) < 4.78 is 38.2. The summed E-state index contributed by atoms with van der Waals surface area (Å²) in [5, 5.41) is 0. The van der Waals surface area contributed by atoms with Gasteiger partial charge in [-0.3, -0.25) is 14.6 Å². The minimum atomic E-state index is -4.43. The number of carbonyl (C=O) groups excluding carboxylic acids is 1. The highest BCUT2D eigenvalue weighted by molar-refractivity contribution is 5.76. The molecule has 0 bridgehead atoms. The summed E-state index contributed by atoms with van der Waals surface area (Å²) in [5.74, 6) is 0.788. The van der Waals surface area contributed by atoms with Crippen molar-refractivity contribution in [1.82, 2.24) is 24.8 Å². The number of pyridine rings is 2. The molecule has 1 saturated heterocycles. The number of aryl methyl sites for hydroxylation is 1. The topological polar surface area (TPSA) is 95.1 Å². The fourth-order valence-electron chi connectivity index (χ4n) is 3.86. The average Bonchev–Trinajstić information content (AvgIpc) is 2.83. The lowest BCUT2D eigenvalue weighted by Gasteiger charge is -2.35. The lowest BCUT2D eigenvalue weighted by Crippen LogP contribution is -2.49. The van der Waals surface area contributed by atoms with Gasteiger partial charge in [0.1, 0.15) is 11.6 Å². The average molecular weight is 472 g/mol. The number of halogens is 3. The predicted octanol–water partition coefficient (Wildman–Crippen LogP) is 2.84. The Morgan fingerprint density at radius 1 is 1.12 bits per heavy atom. The minimum absolute atomic E-state index is 0.0878. The van der Waals surface area contributed by atoms with E-state index in [1.54, 1.807) is 36.4 Å². The van der Waals surface area contributed by atoms with Crippen LogP contribution in [0.1, 0.15) is 23.2 Å². The van der Waals surface area contributed by atoms with Crippen molar-refractivity contribution in [2.45, 2.75) is 25.9 Å². The van der Waals surface area contributed by atoms with Crippen LogP contribution < -0.4 is 10.5 Å². The Morgan fingerprint density at radius 3 is 2.47 bits per heavy atom. The second-order valence-corrected chi connectivity index (χ2v) is 7.99. The number of alkyl halides is 3. The Balaban J connectivity index is 1.33. The molecule has 178 valence electrons. The molecule has 8 nitrogen and oxygen atoms in total. The SMILES string of the molecule is Cc1nc(-c2cccnc2)[nH]c(=O)c1CCC(=O)N1CCN(c2ccc(C(F)(F)F)cn2)CC1. The number of anilines is 1. The number of carbonyl (C=O) groups is 1. The number of aromatic nitrogens is 4. The van der Waals surface area contributed by atoms with Gasteiger partial charge in [0.25, 0.3) is 5.56 Å². The van der Waals surface area contributed by atoms with E-state index >= 15 is 0 Å². The number of rotatable bonds is 5. The quantitative estimate of drug-likeness (QED) is 0.614. The lowest BCUT2D eigenvalue weighted by atomic mass is 10.1. The standard InChI is InChI=1S/C23H23F3N6O2/c1-15-18(22(34)30-21(29-15)16-3-2-8-27-13-16)5-7-20(33)32-11-9-31(10-12-32)19-6-4-17(14-28-19)23(24,25)26/h2-4,6,8,13-14H,5,7,9-12H2,1H3,(H,29,30,34). The molecule has 1 aliphatic heterocycles. The number of hydrogen-bond acceptors (Lipinski definition) is 6. The zero-order valence-corrected chi connectivity index (χ0v) is 18.5. The third-order valence-corrected chi connectivity index (χ3v) is 5.78. The smallest absolute Gasteiger partial charge is 0.353 e. The van der Waals surface area contributed by atoms with Crippen molar-refractivity contribution in [3.05, 3.63) is 70.0 Å². The molecular weight excluding hydrogens is 449 g/mol. The summed E-state index contributed by atoms with van der Waals surface area (Å²) in [6, 6.07) is 5.91. The molecule has 0 atom stereocenters. The van der Waals surface area contributed by atoms with Crippen molar-refractivity contribution in [3.63, 3.8) is 0 Å². The van der Waals surface area contributed by atoms with Gasteiger partial charge in [-0.2, -0.15) is 13.2 Å². The van der Waals surface area contributed by atoms with Crippen LogP contribution in [-0.4, -0.2) is 56.9 Å². The van der Waals surface area contributed by atoms with Crippen molar-refractivity contribution in [1.29, 1.82) is 0 Å². The molecule has 3 aromatic heterocycles. The molecule has 0 radical (unpaired) electrons. The van der Waals surface area contributed by atoms with E-state index < -0.39 is 11.7 Å². The Morgan fingerprint density at radius 2 is 1.88 bits per heavy atom. The first-order valence-electron chi connectivity index (χ1n) is 10.8. The van der Waals surface area contributed by atoms with Crippen molar-refractivity contribution in [2.75, 3.05) is 31.1 Å². The third kappa shape index (κ3) is 5.24. The Hall–Kier alpha value is -3.76. The minimum Gasteiger partial charge on any atom is -0.353 e. The fraction of sp³-hybridized carbons (Fsp3) is 0.348. The first kappa shape index (κ1) is 23.4. The maximum atomic E-state index is 12.7.